The van der Waals surface area contributed by atoms with Gasteiger partial charge in [0.1, 0.15) is 12.5 Å². The van der Waals surface area contributed by atoms with Crippen LogP contribution in [0.15, 0.2) is 18.2 Å². The van der Waals surface area contributed by atoms with E-state index in [0.717, 1.165) is 32.8 Å². The monoisotopic (exact) mass is 456 g/mol. The number of unbranched alkanes of at least 4 members (excludes halogenated alkanes) is 4. The Labute approximate surface area is 179 Å². The summed E-state index contributed by atoms with van der Waals surface area (Å²) in [6.45, 7) is 2.54. The van der Waals surface area contributed by atoms with Crippen LogP contribution in [0, 0.1) is 0 Å². The van der Waals surface area contributed by atoms with E-state index < -0.39 is 30.3 Å². The fourth-order valence-electron chi connectivity index (χ4n) is 3.29. The van der Waals surface area contributed by atoms with Gasteiger partial charge < -0.3 is 14.6 Å². The summed E-state index contributed by atoms with van der Waals surface area (Å²) in [6, 6.07) is 1.40. The van der Waals surface area contributed by atoms with Crippen molar-refractivity contribution in [3.63, 3.8) is 0 Å². The number of rotatable bonds is 12. The predicted octanol–water partition coefficient (Wildman–Crippen LogP) is 7.27. The van der Waals surface area contributed by atoms with Crippen molar-refractivity contribution in [1.82, 2.24) is 0 Å². The molecule has 0 aliphatic heterocycles. The molecule has 1 N–H and O–H groups in total. The number of aromatic hydroxyl groups is 1. The number of benzene rings is 1. The van der Waals surface area contributed by atoms with Gasteiger partial charge in [-0.15, -0.1) is 0 Å². The molecule has 1 aromatic rings. The van der Waals surface area contributed by atoms with Gasteiger partial charge in [-0.25, -0.2) is 0 Å². The highest BCUT2D eigenvalue weighted by Crippen LogP contribution is 2.53. The van der Waals surface area contributed by atoms with Crippen molar-refractivity contribution < 1.29 is 40.9 Å². The number of methoxy groups -OCH3 is 1. The Morgan fingerprint density at radius 2 is 1.58 bits per heavy atom. The predicted molar refractivity (Wildman–Crippen MR) is 107 cm³/mol. The molecule has 0 spiro atoms. The van der Waals surface area contributed by atoms with Gasteiger partial charge in [-0.2, -0.15) is 26.3 Å². The maximum absolute atomic E-state index is 13.9. The third kappa shape index (κ3) is 6.62. The topological polar surface area (TPSA) is 38.7 Å². The summed E-state index contributed by atoms with van der Waals surface area (Å²) < 4.78 is 91.9. The standard InChI is InChI=1S/C22H30F6O3/c1-4-6-7-8-9-10-12-17-14-18(13-16(11-5-2)19(17)29)20(21(23,24)25,22(26,27)28)31-15-30-3/h10,12-14,29H,4-9,11,15H2,1-3H3. The van der Waals surface area contributed by atoms with Crippen LogP contribution < -0.4 is 0 Å². The number of phenolic OH excluding ortho intramolecular Hbond substituents is 1. The van der Waals surface area contributed by atoms with Gasteiger partial charge in [0.05, 0.1) is 0 Å². The molecule has 9 heteroatoms. The molecule has 0 saturated heterocycles. The second kappa shape index (κ2) is 11.8. The molecule has 1 rings (SSSR count). The van der Waals surface area contributed by atoms with Crippen LogP contribution in [-0.2, 0) is 21.5 Å². The lowest BCUT2D eigenvalue weighted by Gasteiger charge is -2.37. The number of hydrogen-bond donors (Lipinski definition) is 1. The Kier molecular flexibility index (Phi) is 10.4. The van der Waals surface area contributed by atoms with E-state index in [4.69, 9.17) is 0 Å². The van der Waals surface area contributed by atoms with Crippen molar-refractivity contribution in [2.24, 2.45) is 0 Å². The lowest BCUT2D eigenvalue weighted by Crippen LogP contribution is -2.56. The summed E-state index contributed by atoms with van der Waals surface area (Å²) in [5.41, 5.74) is -5.85. The first-order valence-electron chi connectivity index (χ1n) is 10.2. The Bertz CT molecular complexity index is 696. The van der Waals surface area contributed by atoms with E-state index in [1.54, 1.807) is 13.0 Å². The van der Waals surface area contributed by atoms with Crippen molar-refractivity contribution in [2.45, 2.75) is 76.7 Å². The molecule has 0 heterocycles. The first kappa shape index (κ1) is 27.3. The van der Waals surface area contributed by atoms with E-state index in [1.807, 2.05) is 6.92 Å². The molecule has 31 heavy (non-hydrogen) atoms. The molecule has 0 aliphatic rings. The molecule has 0 fully saturated rings. The van der Waals surface area contributed by atoms with Crippen molar-refractivity contribution >= 4 is 6.08 Å². The summed E-state index contributed by atoms with van der Waals surface area (Å²) >= 11 is 0. The van der Waals surface area contributed by atoms with Gasteiger partial charge in [0.15, 0.2) is 0 Å². The number of allylic oxidation sites excluding steroid dienone is 1. The molecule has 0 atom stereocenters. The second-order valence-corrected chi connectivity index (χ2v) is 7.30. The summed E-state index contributed by atoms with van der Waals surface area (Å²) in [5.74, 6) is -0.333. The van der Waals surface area contributed by atoms with Gasteiger partial charge in [0.2, 0.25) is 0 Å². The molecule has 0 bridgehead atoms. The molecular weight excluding hydrogens is 426 g/mol. The van der Waals surface area contributed by atoms with Gasteiger partial charge in [0, 0.05) is 18.2 Å². The number of hydrogen-bond acceptors (Lipinski definition) is 3. The third-order valence-corrected chi connectivity index (χ3v) is 4.86. The Morgan fingerprint density at radius 1 is 0.935 bits per heavy atom. The van der Waals surface area contributed by atoms with Crippen molar-refractivity contribution in [3.8, 4) is 5.75 Å². The smallest absolute Gasteiger partial charge is 0.430 e. The number of halogens is 6. The van der Waals surface area contributed by atoms with E-state index in [9.17, 15) is 31.4 Å². The summed E-state index contributed by atoms with van der Waals surface area (Å²) in [4.78, 5) is 0. The minimum absolute atomic E-state index is 0.00970. The molecular formula is C22H30F6O3. The number of alkyl halides is 6. The SMILES string of the molecule is CCCCCCC=Cc1cc(C(OCOC)(C(F)(F)F)C(F)(F)F)cc(CCC)c1O. The summed E-state index contributed by atoms with van der Waals surface area (Å²) in [6.07, 6.45) is -3.65. The lowest BCUT2D eigenvalue weighted by atomic mass is 9.87. The van der Waals surface area contributed by atoms with Crippen molar-refractivity contribution in [3.05, 3.63) is 34.9 Å². The zero-order valence-corrected chi connectivity index (χ0v) is 18.0. The van der Waals surface area contributed by atoms with Crippen LogP contribution in [0.3, 0.4) is 0 Å². The Hall–Kier alpha value is -1.74. The molecule has 0 amide bonds. The molecule has 178 valence electrons. The van der Waals surface area contributed by atoms with Crippen LogP contribution >= 0.6 is 0 Å². The normalized spacial score (nSPS) is 13.3. The van der Waals surface area contributed by atoms with Crippen LogP contribution in [-0.4, -0.2) is 31.4 Å². The van der Waals surface area contributed by atoms with Gasteiger partial charge in [0.25, 0.3) is 5.60 Å². The fourth-order valence-corrected chi connectivity index (χ4v) is 3.29. The number of phenols is 1. The molecule has 0 aromatic heterocycles. The zero-order chi connectivity index (χ0) is 23.7. The Balaban J connectivity index is 3.57. The average Bonchev–Trinajstić information content (AvgIpc) is 2.66. The second-order valence-electron chi connectivity index (χ2n) is 7.30. The molecule has 3 nitrogen and oxygen atoms in total. The highest BCUT2D eigenvalue weighted by molar-refractivity contribution is 5.62. The van der Waals surface area contributed by atoms with Crippen LogP contribution in [0.1, 0.15) is 69.1 Å². The van der Waals surface area contributed by atoms with Gasteiger partial charge in [-0.3, -0.25) is 0 Å². The first-order chi connectivity index (χ1) is 14.5. The Morgan fingerprint density at radius 3 is 2.10 bits per heavy atom. The highest BCUT2D eigenvalue weighted by Gasteiger charge is 2.73. The van der Waals surface area contributed by atoms with E-state index in [1.165, 1.54) is 6.08 Å². The van der Waals surface area contributed by atoms with Gasteiger partial charge in [-0.1, -0.05) is 51.7 Å². The minimum atomic E-state index is -5.81. The van der Waals surface area contributed by atoms with Crippen LogP contribution in [0.25, 0.3) is 6.08 Å². The average molecular weight is 456 g/mol. The molecule has 1 aromatic carbocycles. The fraction of sp³-hybridized carbons (Fsp3) is 0.636. The van der Waals surface area contributed by atoms with Crippen LogP contribution in [0.4, 0.5) is 26.3 Å². The lowest BCUT2D eigenvalue weighted by molar-refractivity contribution is -0.400. The molecule has 0 unspecified atom stereocenters. The van der Waals surface area contributed by atoms with Gasteiger partial charge in [-0.05, 0) is 37.0 Å². The van der Waals surface area contributed by atoms with Crippen molar-refractivity contribution in [1.29, 1.82) is 0 Å². The first-order valence-corrected chi connectivity index (χ1v) is 10.2. The minimum Gasteiger partial charge on any atom is -0.507 e. The van der Waals surface area contributed by atoms with Gasteiger partial charge >= 0.3 is 12.4 Å². The zero-order valence-electron chi connectivity index (χ0n) is 18.0. The van der Waals surface area contributed by atoms with Crippen molar-refractivity contribution in [2.75, 3.05) is 13.9 Å². The van der Waals surface area contributed by atoms with Crippen LogP contribution in [0.5, 0.6) is 5.75 Å². The van der Waals surface area contributed by atoms with E-state index >= 15 is 0 Å². The quantitative estimate of drug-likeness (QED) is 0.204. The molecule has 0 radical (unpaired) electrons. The summed E-state index contributed by atoms with van der Waals surface area (Å²) in [7, 11) is 0.934. The maximum atomic E-state index is 13.9. The van der Waals surface area contributed by atoms with E-state index in [0.29, 0.717) is 25.0 Å². The summed E-state index contributed by atoms with van der Waals surface area (Å²) in [5, 5.41) is 10.5. The number of ether oxygens (including phenoxy) is 2. The van der Waals surface area contributed by atoms with E-state index in [-0.39, 0.29) is 23.3 Å². The largest absolute Gasteiger partial charge is 0.507 e. The number of aryl methyl sites for hydroxylation is 1. The maximum Gasteiger partial charge on any atom is 0.430 e. The molecule has 0 aliphatic carbocycles. The highest BCUT2D eigenvalue weighted by atomic mass is 19.4. The van der Waals surface area contributed by atoms with Crippen LogP contribution in [0.2, 0.25) is 0 Å². The van der Waals surface area contributed by atoms with E-state index in [2.05, 4.69) is 9.47 Å². The molecule has 0 saturated carbocycles. The third-order valence-electron chi connectivity index (χ3n) is 4.86.